The van der Waals surface area contributed by atoms with Crippen molar-refractivity contribution in [3.63, 3.8) is 0 Å². The van der Waals surface area contributed by atoms with Gasteiger partial charge in [-0.2, -0.15) is 0 Å². The molecule has 0 heterocycles. The molecule has 2 atom stereocenters. The number of hydrogen-bond acceptors (Lipinski definition) is 4. The molecule has 29 heavy (non-hydrogen) atoms. The fourth-order valence-electron chi connectivity index (χ4n) is 3.82. The zero-order valence-electron chi connectivity index (χ0n) is 19.7. The molecule has 1 N–H and O–H groups in total. The second kappa shape index (κ2) is 22.1. The van der Waals surface area contributed by atoms with Crippen LogP contribution in [0.15, 0.2) is 0 Å². The van der Waals surface area contributed by atoms with Crippen LogP contribution in [0.4, 0.5) is 0 Å². The van der Waals surface area contributed by atoms with Crippen molar-refractivity contribution >= 4 is 10.1 Å². The fourth-order valence-corrected chi connectivity index (χ4v) is 4.74. The maximum Gasteiger partial charge on any atom is 1.00 e. The van der Waals surface area contributed by atoms with Crippen molar-refractivity contribution in [2.24, 2.45) is 0 Å². The Kier molecular flexibility index (Phi) is 24.4. The number of rotatable bonds is 21. The first-order chi connectivity index (χ1) is 13.4. The maximum atomic E-state index is 11.5. The van der Waals surface area contributed by atoms with Gasteiger partial charge in [0.2, 0.25) is 0 Å². The van der Waals surface area contributed by atoms with Crippen molar-refractivity contribution < 1.29 is 47.6 Å². The van der Waals surface area contributed by atoms with Crippen molar-refractivity contribution in [1.82, 2.24) is 0 Å². The molecule has 0 fully saturated rings. The average Bonchev–Trinajstić information content (AvgIpc) is 2.64. The van der Waals surface area contributed by atoms with Crippen LogP contribution in [0, 0.1) is 0 Å². The summed E-state index contributed by atoms with van der Waals surface area (Å²) < 4.78 is 34.6. The molecule has 2 unspecified atom stereocenters. The molecule has 4 nitrogen and oxygen atoms in total. The van der Waals surface area contributed by atoms with Gasteiger partial charge in [0, 0.05) is 5.25 Å². The van der Waals surface area contributed by atoms with E-state index in [2.05, 4.69) is 13.8 Å². The molecule has 0 aromatic rings. The largest absolute Gasteiger partial charge is 1.00 e. The molecule has 0 saturated carbocycles. The van der Waals surface area contributed by atoms with Gasteiger partial charge in [-0.15, -0.1) is 0 Å². The molecule has 0 rings (SSSR count). The van der Waals surface area contributed by atoms with E-state index in [0.29, 0.717) is 25.7 Å². The smallest absolute Gasteiger partial charge is 0.748 e. The van der Waals surface area contributed by atoms with Crippen LogP contribution in [-0.4, -0.2) is 29.4 Å². The van der Waals surface area contributed by atoms with E-state index in [1.807, 2.05) is 0 Å². The van der Waals surface area contributed by atoms with Gasteiger partial charge >= 0.3 is 29.6 Å². The standard InChI is InChI=1S/C23H48O4S.Na/c1-3-5-7-9-10-11-12-13-14-16-20-23(28(25,26)27)21-17-19-22(24)18-15-8-6-4-2;/h22-24H,3-21H2,1-2H3,(H,25,26,27);/q;+1/p-1. The second-order valence-electron chi connectivity index (χ2n) is 8.52. The minimum Gasteiger partial charge on any atom is -0.748 e. The Morgan fingerprint density at radius 2 is 0.966 bits per heavy atom. The van der Waals surface area contributed by atoms with Crippen LogP contribution in [0.2, 0.25) is 0 Å². The number of aliphatic hydroxyl groups excluding tert-OH is 1. The molecule has 0 aliphatic rings. The van der Waals surface area contributed by atoms with Crippen molar-refractivity contribution in [1.29, 1.82) is 0 Å². The first-order valence-electron chi connectivity index (χ1n) is 12.0. The second-order valence-corrected chi connectivity index (χ2v) is 10.2. The summed E-state index contributed by atoms with van der Waals surface area (Å²) in [7, 11) is -4.23. The van der Waals surface area contributed by atoms with Gasteiger partial charge < -0.3 is 9.66 Å². The van der Waals surface area contributed by atoms with Crippen LogP contribution in [0.1, 0.15) is 136 Å². The summed E-state index contributed by atoms with van der Waals surface area (Å²) >= 11 is 0. The number of hydrogen-bond donors (Lipinski definition) is 1. The summed E-state index contributed by atoms with van der Waals surface area (Å²) in [5, 5.41) is 9.23. The van der Waals surface area contributed by atoms with Gasteiger partial charge in [0.05, 0.1) is 16.2 Å². The van der Waals surface area contributed by atoms with E-state index in [4.69, 9.17) is 0 Å². The summed E-state index contributed by atoms with van der Waals surface area (Å²) in [6.07, 6.45) is 19.1. The Balaban J connectivity index is 0. The maximum absolute atomic E-state index is 11.5. The third-order valence-electron chi connectivity index (χ3n) is 5.74. The Hall–Kier alpha value is 0.870. The predicted octanol–water partition coefficient (Wildman–Crippen LogP) is 3.72. The summed E-state index contributed by atoms with van der Waals surface area (Å²) in [5.41, 5.74) is 0. The Morgan fingerprint density at radius 3 is 1.45 bits per heavy atom. The van der Waals surface area contributed by atoms with Crippen LogP contribution in [0.25, 0.3) is 0 Å². The normalized spacial score (nSPS) is 13.8. The first kappa shape index (κ1) is 32.1. The first-order valence-corrected chi connectivity index (χ1v) is 13.5. The number of aliphatic hydroxyl groups is 1. The summed E-state index contributed by atoms with van der Waals surface area (Å²) in [5.74, 6) is 0. The molecule has 0 amide bonds. The van der Waals surface area contributed by atoms with Crippen molar-refractivity contribution in [3.8, 4) is 0 Å². The number of unbranched alkanes of at least 4 members (excludes halogenated alkanes) is 12. The van der Waals surface area contributed by atoms with Crippen molar-refractivity contribution in [2.45, 2.75) is 147 Å². The molecular weight excluding hydrogens is 395 g/mol. The topological polar surface area (TPSA) is 77.4 Å². The molecule has 0 radical (unpaired) electrons. The molecule has 6 heteroatoms. The molecule has 0 saturated heterocycles. The van der Waals surface area contributed by atoms with Gasteiger partial charge in [0.25, 0.3) is 0 Å². The van der Waals surface area contributed by atoms with Crippen molar-refractivity contribution in [3.05, 3.63) is 0 Å². The zero-order valence-corrected chi connectivity index (χ0v) is 22.5. The third kappa shape index (κ3) is 21.9. The monoisotopic (exact) mass is 442 g/mol. The van der Waals surface area contributed by atoms with Crippen molar-refractivity contribution in [2.75, 3.05) is 0 Å². The van der Waals surface area contributed by atoms with Gasteiger partial charge in [0.15, 0.2) is 0 Å². The SMILES string of the molecule is CCCCCCCCCCCCC(CCCC(O)CCCCCC)S(=O)(=O)[O-].[Na+]. The van der Waals surface area contributed by atoms with E-state index in [9.17, 15) is 18.1 Å². The molecule has 0 aromatic heterocycles. The van der Waals surface area contributed by atoms with Crippen LogP contribution < -0.4 is 29.6 Å². The molecular formula is C23H47NaO4S. The van der Waals surface area contributed by atoms with Gasteiger partial charge in [-0.1, -0.05) is 104 Å². The minimum absolute atomic E-state index is 0. The average molecular weight is 443 g/mol. The third-order valence-corrected chi connectivity index (χ3v) is 7.03. The van der Waals surface area contributed by atoms with E-state index in [-0.39, 0.29) is 35.7 Å². The minimum atomic E-state index is -4.23. The van der Waals surface area contributed by atoms with Crippen LogP contribution in [0.5, 0.6) is 0 Å². The molecule has 0 aromatic carbocycles. The zero-order chi connectivity index (χ0) is 21.1. The quantitative estimate of drug-likeness (QED) is 0.167. The van der Waals surface area contributed by atoms with Crippen LogP contribution in [-0.2, 0) is 10.1 Å². The van der Waals surface area contributed by atoms with Gasteiger partial charge in [0.1, 0.15) is 0 Å². The molecule has 0 aliphatic heterocycles. The predicted molar refractivity (Wildman–Crippen MR) is 119 cm³/mol. The van der Waals surface area contributed by atoms with Gasteiger partial charge in [-0.25, -0.2) is 8.42 Å². The fraction of sp³-hybridized carbons (Fsp3) is 1.00. The summed E-state index contributed by atoms with van der Waals surface area (Å²) in [6.45, 7) is 4.39. The summed E-state index contributed by atoms with van der Waals surface area (Å²) in [6, 6.07) is 0. The molecule has 0 spiro atoms. The van der Waals surface area contributed by atoms with E-state index >= 15 is 0 Å². The molecule has 170 valence electrons. The Morgan fingerprint density at radius 1 is 0.621 bits per heavy atom. The van der Waals surface area contributed by atoms with E-state index in [1.54, 1.807) is 0 Å². The van der Waals surface area contributed by atoms with E-state index in [0.717, 1.165) is 38.5 Å². The summed E-state index contributed by atoms with van der Waals surface area (Å²) in [4.78, 5) is 0. The Labute approximate surface area is 204 Å². The molecule has 0 aliphatic carbocycles. The Bertz CT molecular complexity index is 429. The van der Waals surface area contributed by atoms with Gasteiger partial charge in [-0.3, -0.25) is 0 Å². The van der Waals surface area contributed by atoms with E-state index in [1.165, 1.54) is 57.8 Å². The molecule has 0 bridgehead atoms. The van der Waals surface area contributed by atoms with Crippen LogP contribution >= 0.6 is 0 Å². The van der Waals surface area contributed by atoms with E-state index < -0.39 is 15.4 Å². The van der Waals surface area contributed by atoms with Gasteiger partial charge in [-0.05, 0) is 32.1 Å². The van der Waals surface area contributed by atoms with Crippen LogP contribution in [0.3, 0.4) is 0 Å².